The zero-order valence-corrected chi connectivity index (χ0v) is 8.20. The Morgan fingerprint density at radius 3 is 2.08 bits per heavy atom. The molecule has 76 valence electrons. The molecule has 0 aromatic rings. The molecule has 0 saturated heterocycles. The number of aliphatic hydroxyl groups excluding tert-OH is 2. The maximum atomic E-state index is 11.1. The molecule has 4 heteroatoms. The Kier molecular flexibility index (Phi) is 4.23. The highest BCUT2D eigenvalue weighted by molar-refractivity contribution is 6.38. The summed E-state index contributed by atoms with van der Waals surface area (Å²) in [6.07, 6.45) is -1.47. The van der Waals surface area contributed by atoms with Crippen molar-refractivity contribution in [3.63, 3.8) is 0 Å². The van der Waals surface area contributed by atoms with Gasteiger partial charge in [-0.1, -0.05) is 20.8 Å². The van der Waals surface area contributed by atoms with Gasteiger partial charge in [0.25, 0.3) is 0 Å². The molecule has 4 nitrogen and oxygen atoms in total. The van der Waals surface area contributed by atoms with E-state index in [1.165, 1.54) is 0 Å². The first kappa shape index (κ1) is 12.3. The van der Waals surface area contributed by atoms with Gasteiger partial charge in [-0.15, -0.1) is 0 Å². The third kappa shape index (κ3) is 4.75. The SMILES string of the molecule is CC(C)(C)CC(=O)C(=O)C(O)CO. The van der Waals surface area contributed by atoms with E-state index in [0.29, 0.717) is 0 Å². The first-order chi connectivity index (χ1) is 5.78. The van der Waals surface area contributed by atoms with Gasteiger partial charge in [-0.3, -0.25) is 9.59 Å². The van der Waals surface area contributed by atoms with Crippen LogP contribution in [0.25, 0.3) is 0 Å². The van der Waals surface area contributed by atoms with Crippen LogP contribution in [0.4, 0.5) is 0 Å². The van der Waals surface area contributed by atoms with Crippen LogP contribution < -0.4 is 0 Å². The summed E-state index contributed by atoms with van der Waals surface area (Å²) in [4.78, 5) is 22.1. The lowest BCUT2D eigenvalue weighted by atomic mass is 9.88. The maximum Gasteiger partial charge on any atom is 0.229 e. The van der Waals surface area contributed by atoms with Crippen LogP contribution in [0, 0.1) is 5.41 Å². The van der Waals surface area contributed by atoms with Gasteiger partial charge in [0.1, 0.15) is 6.10 Å². The summed E-state index contributed by atoms with van der Waals surface area (Å²) in [6, 6.07) is 0. The average Bonchev–Trinajstić information content (AvgIpc) is 1.98. The molecule has 0 aromatic carbocycles. The largest absolute Gasteiger partial charge is 0.393 e. The quantitative estimate of drug-likeness (QED) is 0.605. The first-order valence-corrected chi connectivity index (χ1v) is 4.14. The monoisotopic (exact) mass is 188 g/mol. The summed E-state index contributed by atoms with van der Waals surface area (Å²) in [5.41, 5.74) is -0.276. The van der Waals surface area contributed by atoms with E-state index in [2.05, 4.69) is 0 Å². The predicted molar refractivity (Wildman–Crippen MR) is 47.2 cm³/mol. The van der Waals surface area contributed by atoms with E-state index in [4.69, 9.17) is 10.2 Å². The Hall–Kier alpha value is -0.740. The molecule has 0 amide bonds. The van der Waals surface area contributed by atoms with Crippen LogP contribution in [0.5, 0.6) is 0 Å². The molecule has 1 unspecified atom stereocenters. The lowest BCUT2D eigenvalue weighted by molar-refractivity contribution is -0.143. The van der Waals surface area contributed by atoms with Crippen LogP contribution in [0.1, 0.15) is 27.2 Å². The zero-order chi connectivity index (χ0) is 10.6. The van der Waals surface area contributed by atoms with Crippen LogP contribution in [-0.4, -0.2) is 34.5 Å². The molecule has 0 aliphatic heterocycles. The second-order valence-corrected chi connectivity index (χ2v) is 4.22. The van der Waals surface area contributed by atoms with Crippen molar-refractivity contribution in [1.82, 2.24) is 0 Å². The highest BCUT2D eigenvalue weighted by Crippen LogP contribution is 2.19. The van der Waals surface area contributed by atoms with E-state index < -0.39 is 24.3 Å². The van der Waals surface area contributed by atoms with Crippen molar-refractivity contribution in [3.05, 3.63) is 0 Å². The van der Waals surface area contributed by atoms with E-state index in [0.717, 1.165) is 0 Å². The Labute approximate surface area is 77.6 Å². The summed E-state index contributed by atoms with van der Waals surface area (Å²) in [7, 11) is 0. The fourth-order valence-electron chi connectivity index (χ4n) is 0.838. The molecule has 0 saturated carbocycles. The molecular weight excluding hydrogens is 172 g/mol. The average molecular weight is 188 g/mol. The third-order valence-electron chi connectivity index (χ3n) is 1.44. The second-order valence-electron chi connectivity index (χ2n) is 4.22. The number of Topliss-reactive ketones (excluding diaryl/α,β-unsaturated/α-hetero) is 2. The van der Waals surface area contributed by atoms with E-state index in [9.17, 15) is 9.59 Å². The van der Waals surface area contributed by atoms with Gasteiger partial charge in [0.2, 0.25) is 11.6 Å². The molecule has 0 heterocycles. The van der Waals surface area contributed by atoms with Crippen LogP contribution in [0.15, 0.2) is 0 Å². The van der Waals surface area contributed by atoms with Gasteiger partial charge in [-0.25, -0.2) is 0 Å². The lowest BCUT2D eigenvalue weighted by Crippen LogP contribution is -2.33. The fourth-order valence-corrected chi connectivity index (χ4v) is 0.838. The summed E-state index contributed by atoms with van der Waals surface area (Å²) < 4.78 is 0. The van der Waals surface area contributed by atoms with Gasteiger partial charge in [0.15, 0.2) is 0 Å². The molecule has 0 fully saturated rings. The number of carbonyl (C=O) groups excluding carboxylic acids is 2. The highest BCUT2D eigenvalue weighted by Gasteiger charge is 2.26. The predicted octanol–water partition coefficient (Wildman–Crippen LogP) is -0.0860. The van der Waals surface area contributed by atoms with Crippen molar-refractivity contribution >= 4 is 11.6 Å². The molecule has 0 rings (SSSR count). The van der Waals surface area contributed by atoms with Gasteiger partial charge in [0, 0.05) is 6.42 Å². The van der Waals surface area contributed by atoms with Crippen LogP contribution >= 0.6 is 0 Å². The summed E-state index contributed by atoms with van der Waals surface area (Å²) in [6.45, 7) is 4.77. The van der Waals surface area contributed by atoms with Crippen LogP contribution in [-0.2, 0) is 9.59 Å². The zero-order valence-electron chi connectivity index (χ0n) is 8.20. The summed E-state index contributed by atoms with van der Waals surface area (Å²) in [5, 5.41) is 17.3. The Bertz CT molecular complexity index is 202. The van der Waals surface area contributed by atoms with Gasteiger partial charge in [0.05, 0.1) is 6.61 Å². The van der Waals surface area contributed by atoms with Crippen molar-refractivity contribution in [2.75, 3.05) is 6.61 Å². The van der Waals surface area contributed by atoms with Crippen molar-refractivity contribution in [2.24, 2.45) is 5.41 Å². The minimum atomic E-state index is -1.56. The van der Waals surface area contributed by atoms with Gasteiger partial charge < -0.3 is 10.2 Å². The Morgan fingerprint density at radius 2 is 1.77 bits per heavy atom. The van der Waals surface area contributed by atoms with E-state index in [-0.39, 0.29) is 11.8 Å². The van der Waals surface area contributed by atoms with Crippen LogP contribution in [0.3, 0.4) is 0 Å². The normalized spacial score (nSPS) is 13.9. The van der Waals surface area contributed by atoms with Gasteiger partial charge in [-0.2, -0.15) is 0 Å². The van der Waals surface area contributed by atoms with Crippen LogP contribution in [0.2, 0.25) is 0 Å². The van der Waals surface area contributed by atoms with E-state index in [1.54, 1.807) is 0 Å². The first-order valence-electron chi connectivity index (χ1n) is 4.14. The molecule has 2 N–H and O–H groups in total. The Morgan fingerprint density at radius 1 is 1.31 bits per heavy atom. The summed E-state index contributed by atoms with van der Waals surface area (Å²) in [5.74, 6) is -1.54. The van der Waals surface area contributed by atoms with Gasteiger partial charge in [-0.05, 0) is 5.41 Å². The van der Waals surface area contributed by atoms with Crippen molar-refractivity contribution < 1.29 is 19.8 Å². The van der Waals surface area contributed by atoms with Crippen molar-refractivity contribution in [3.8, 4) is 0 Å². The molecular formula is C9H16O4. The maximum absolute atomic E-state index is 11.1. The number of carbonyl (C=O) groups is 2. The molecule has 0 radical (unpaired) electrons. The topological polar surface area (TPSA) is 74.6 Å². The fraction of sp³-hybridized carbons (Fsp3) is 0.778. The number of aliphatic hydroxyl groups is 2. The molecule has 13 heavy (non-hydrogen) atoms. The number of hydrogen-bond donors (Lipinski definition) is 2. The molecule has 0 aliphatic rings. The smallest absolute Gasteiger partial charge is 0.229 e. The highest BCUT2D eigenvalue weighted by atomic mass is 16.3. The third-order valence-corrected chi connectivity index (χ3v) is 1.44. The number of hydrogen-bond acceptors (Lipinski definition) is 4. The lowest BCUT2D eigenvalue weighted by Gasteiger charge is -2.16. The minimum absolute atomic E-state index is 0.0862. The molecule has 0 spiro atoms. The second kappa shape index (κ2) is 4.48. The molecule has 1 atom stereocenters. The van der Waals surface area contributed by atoms with E-state index >= 15 is 0 Å². The molecule has 0 bridgehead atoms. The van der Waals surface area contributed by atoms with Crippen molar-refractivity contribution in [2.45, 2.75) is 33.3 Å². The molecule has 0 aliphatic carbocycles. The van der Waals surface area contributed by atoms with Gasteiger partial charge >= 0.3 is 0 Å². The molecule has 0 aromatic heterocycles. The standard InChI is InChI=1S/C9H16O4/c1-9(2,3)4-6(11)8(13)7(12)5-10/h7,10,12H,4-5H2,1-3H3. The summed E-state index contributed by atoms with van der Waals surface area (Å²) >= 11 is 0. The minimum Gasteiger partial charge on any atom is -0.393 e. The number of ketones is 2. The van der Waals surface area contributed by atoms with Crippen molar-refractivity contribution in [1.29, 1.82) is 0 Å². The Balaban J connectivity index is 4.21. The van der Waals surface area contributed by atoms with E-state index in [1.807, 2.05) is 20.8 Å². The number of rotatable bonds is 4.